The van der Waals surface area contributed by atoms with Gasteiger partial charge < -0.3 is 19.1 Å². The summed E-state index contributed by atoms with van der Waals surface area (Å²) < 4.78 is 11.6. The van der Waals surface area contributed by atoms with E-state index < -0.39 is 0 Å². The molecule has 4 heterocycles. The van der Waals surface area contributed by atoms with Gasteiger partial charge in [-0.25, -0.2) is 5.01 Å². The molecule has 8 heteroatoms. The van der Waals surface area contributed by atoms with E-state index >= 15 is 0 Å². The Hall–Kier alpha value is -4.33. The van der Waals surface area contributed by atoms with E-state index in [0.29, 0.717) is 36.6 Å². The molecule has 1 N–H and O–H groups in total. The van der Waals surface area contributed by atoms with E-state index in [-0.39, 0.29) is 24.4 Å². The number of nitrogens with zero attached hydrogens (tertiary/aromatic N) is 3. The highest BCUT2D eigenvalue weighted by Gasteiger charge is 2.36. The second-order valence-electron chi connectivity index (χ2n) is 8.69. The summed E-state index contributed by atoms with van der Waals surface area (Å²) in [4.78, 5) is 27.4. The number of carbonyl (C=O) groups excluding carboxylic acids is 2. The van der Waals surface area contributed by atoms with E-state index in [1.54, 1.807) is 17.2 Å². The number of benzene rings is 2. The van der Waals surface area contributed by atoms with Gasteiger partial charge in [0.1, 0.15) is 23.1 Å². The third kappa shape index (κ3) is 3.97. The molecule has 1 unspecified atom stereocenters. The summed E-state index contributed by atoms with van der Waals surface area (Å²) in [6, 6.07) is 20.6. The molecule has 2 amide bonds. The SMILES string of the molecule is O=C1CCCN1c1ccccc1NCC(=O)N1N=C(c2cc3ccccc3o2)CC1c1ccco1. The zero-order valence-corrected chi connectivity index (χ0v) is 19.0. The van der Waals surface area contributed by atoms with Crippen LogP contribution in [0.3, 0.4) is 0 Å². The van der Waals surface area contributed by atoms with E-state index in [1.807, 2.05) is 60.7 Å². The van der Waals surface area contributed by atoms with Gasteiger partial charge in [0.05, 0.1) is 24.2 Å². The lowest BCUT2D eigenvalue weighted by Gasteiger charge is -2.22. The van der Waals surface area contributed by atoms with Crippen molar-refractivity contribution in [1.82, 2.24) is 5.01 Å². The van der Waals surface area contributed by atoms with E-state index in [4.69, 9.17) is 8.83 Å². The van der Waals surface area contributed by atoms with Crippen molar-refractivity contribution < 1.29 is 18.4 Å². The molecular formula is C27H24N4O4. The van der Waals surface area contributed by atoms with Crippen LogP contribution < -0.4 is 10.2 Å². The number of fused-ring (bicyclic) bond motifs is 1. The lowest BCUT2D eigenvalue weighted by Crippen LogP contribution is -2.32. The summed E-state index contributed by atoms with van der Waals surface area (Å²) in [6.45, 7) is 0.705. The number of para-hydroxylation sites is 3. The molecule has 4 aromatic rings. The van der Waals surface area contributed by atoms with Gasteiger partial charge in [-0.3, -0.25) is 9.59 Å². The molecule has 6 rings (SSSR count). The maximum absolute atomic E-state index is 13.4. The van der Waals surface area contributed by atoms with Crippen LogP contribution >= 0.6 is 0 Å². The van der Waals surface area contributed by atoms with Gasteiger partial charge >= 0.3 is 0 Å². The van der Waals surface area contributed by atoms with Crippen molar-refractivity contribution in [1.29, 1.82) is 0 Å². The third-order valence-electron chi connectivity index (χ3n) is 6.45. The first-order valence-electron chi connectivity index (χ1n) is 11.7. The topological polar surface area (TPSA) is 91.3 Å². The highest BCUT2D eigenvalue weighted by atomic mass is 16.3. The molecule has 2 aromatic heterocycles. The van der Waals surface area contributed by atoms with Crippen molar-refractivity contribution in [3.8, 4) is 0 Å². The van der Waals surface area contributed by atoms with Crippen molar-refractivity contribution >= 4 is 39.9 Å². The summed E-state index contributed by atoms with van der Waals surface area (Å²) in [5.41, 5.74) is 3.00. The smallest absolute Gasteiger partial charge is 0.262 e. The Morgan fingerprint density at radius 3 is 2.74 bits per heavy atom. The molecule has 2 aromatic carbocycles. The number of anilines is 2. The normalized spacial score (nSPS) is 17.9. The van der Waals surface area contributed by atoms with Crippen LogP contribution in [0.25, 0.3) is 11.0 Å². The summed E-state index contributed by atoms with van der Waals surface area (Å²) in [6.07, 6.45) is 3.46. The van der Waals surface area contributed by atoms with Crippen LogP contribution in [0.5, 0.6) is 0 Å². The van der Waals surface area contributed by atoms with Gasteiger partial charge in [-0.2, -0.15) is 5.10 Å². The van der Waals surface area contributed by atoms with Gasteiger partial charge in [0.15, 0.2) is 5.76 Å². The van der Waals surface area contributed by atoms with Gasteiger partial charge in [-0.15, -0.1) is 0 Å². The molecule has 0 bridgehead atoms. The number of amides is 2. The first kappa shape index (κ1) is 21.2. The largest absolute Gasteiger partial charge is 0.467 e. The second kappa shape index (κ2) is 8.79. The maximum atomic E-state index is 13.4. The molecule has 176 valence electrons. The van der Waals surface area contributed by atoms with E-state index in [9.17, 15) is 9.59 Å². The second-order valence-corrected chi connectivity index (χ2v) is 8.69. The van der Waals surface area contributed by atoms with Crippen LogP contribution in [0.4, 0.5) is 11.4 Å². The molecule has 2 aliphatic heterocycles. The molecule has 0 saturated carbocycles. The Kier molecular flexibility index (Phi) is 5.33. The molecule has 1 fully saturated rings. The minimum atomic E-state index is -0.363. The quantitative estimate of drug-likeness (QED) is 0.433. The standard InChI is InChI=1S/C27H24N4O4/c32-26-12-5-13-30(26)21-9-3-2-8-19(21)28-17-27(33)31-22(24-11-6-14-34-24)16-20(29-31)25-15-18-7-1-4-10-23(18)35-25/h1-4,6-11,14-15,22,28H,5,12-13,16-17H2. The van der Waals surface area contributed by atoms with Crippen LogP contribution in [-0.2, 0) is 9.59 Å². The summed E-state index contributed by atoms with van der Waals surface area (Å²) in [5.74, 6) is 1.20. The third-order valence-corrected chi connectivity index (χ3v) is 6.45. The molecule has 2 aliphatic rings. The summed E-state index contributed by atoms with van der Waals surface area (Å²) in [7, 11) is 0. The Morgan fingerprint density at radius 1 is 1.09 bits per heavy atom. The predicted octanol–water partition coefficient (Wildman–Crippen LogP) is 4.94. The van der Waals surface area contributed by atoms with Crippen LogP contribution in [0.2, 0.25) is 0 Å². The Labute approximate surface area is 201 Å². The first-order chi connectivity index (χ1) is 17.2. The van der Waals surface area contributed by atoms with E-state index in [0.717, 1.165) is 28.8 Å². The lowest BCUT2D eigenvalue weighted by molar-refractivity contribution is -0.131. The molecule has 0 spiro atoms. The molecule has 0 radical (unpaired) electrons. The van der Waals surface area contributed by atoms with E-state index in [1.165, 1.54) is 5.01 Å². The van der Waals surface area contributed by atoms with Gasteiger partial charge in [-0.1, -0.05) is 30.3 Å². The van der Waals surface area contributed by atoms with Crippen LogP contribution in [0.1, 0.15) is 36.8 Å². The Morgan fingerprint density at radius 2 is 1.94 bits per heavy atom. The monoisotopic (exact) mass is 468 g/mol. The number of nitrogens with one attached hydrogen (secondary N) is 1. The molecule has 0 aliphatic carbocycles. The molecule has 8 nitrogen and oxygen atoms in total. The fourth-order valence-corrected chi connectivity index (χ4v) is 4.73. The molecule has 1 atom stereocenters. The Bertz CT molecular complexity index is 1390. The molecule has 35 heavy (non-hydrogen) atoms. The summed E-state index contributed by atoms with van der Waals surface area (Å²) >= 11 is 0. The zero-order valence-electron chi connectivity index (χ0n) is 19.0. The van der Waals surface area contributed by atoms with Crippen molar-refractivity contribution in [2.75, 3.05) is 23.3 Å². The van der Waals surface area contributed by atoms with Crippen LogP contribution in [0, 0.1) is 0 Å². The van der Waals surface area contributed by atoms with Gasteiger partial charge in [-0.05, 0) is 42.8 Å². The van der Waals surface area contributed by atoms with Crippen molar-refractivity contribution in [2.45, 2.75) is 25.3 Å². The lowest BCUT2D eigenvalue weighted by atomic mass is 10.1. The van der Waals surface area contributed by atoms with Crippen molar-refractivity contribution in [3.63, 3.8) is 0 Å². The number of rotatable bonds is 6. The van der Waals surface area contributed by atoms with Gasteiger partial charge in [0.2, 0.25) is 5.91 Å². The number of hydrazone groups is 1. The number of furan rings is 2. The fourth-order valence-electron chi connectivity index (χ4n) is 4.73. The zero-order chi connectivity index (χ0) is 23.8. The van der Waals surface area contributed by atoms with Crippen molar-refractivity contribution in [3.05, 3.63) is 84.5 Å². The minimum Gasteiger partial charge on any atom is -0.467 e. The van der Waals surface area contributed by atoms with Gasteiger partial charge in [0, 0.05) is 24.8 Å². The average Bonchev–Trinajstić information content (AvgIpc) is 3.68. The number of hydrogen-bond acceptors (Lipinski definition) is 6. The molecular weight excluding hydrogens is 444 g/mol. The Balaban J connectivity index is 1.25. The van der Waals surface area contributed by atoms with E-state index in [2.05, 4.69) is 10.4 Å². The van der Waals surface area contributed by atoms with Gasteiger partial charge in [0.25, 0.3) is 5.91 Å². The maximum Gasteiger partial charge on any atom is 0.262 e. The van der Waals surface area contributed by atoms with Crippen molar-refractivity contribution in [2.24, 2.45) is 5.10 Å². The highest BCUT2D eigenvalue weighted by Crippen LogP contribution is 2.35. The summed E-state index contributed by atoms with van der Waals surface area (Å²) in [5, 5.41) is 10.3. The fraction of sp³-hybridized carbons (Fsp3) is 0.222. The molecule has 1 saturated heterocycles. The highest BCUT2D eigenvalue weighted by molar-refractivity contribution is 6.04. The number of hydrogen-bond donors (Lipinski definition) is 1. The van der Waals surface area contributed by atoms with Crippen LogP contribution in [-0.4, -0.2) is 35.6 Å². The average molecular weight is 469 g/mol. The van der Waals surface area contributed by atoms with Crippen LogP contribution in [0.15, 0.2) is 86.9 Å². The minimum absolute atomic E-state index is 0.0210. The number of carbonyl (C=O) groups is 2. The predicted molar refractivity (Wildman–Crippen MR) is 132 cm³/mol. The first-order valence-corrected chi connectivity index (χ1v) is 11.7.